The summed E-state index contributed by atoms with van der Waals surface area (Å²) in [5.74, 6) is 1.01. The number of rotatable bonds is 6. The average molecular weight is 223 g/mol. The van der Waals surface area contributed by atoms with Gasteiger partial charge in [0, 0.05) is 19.0 Å². The molecule has 1 aliphatic rings. The molecule has 1 fully saturated rings. The van der Waals surface area contributed by atoms with Gasteiger partial charge in [-0.15, -0.1) is 0 Å². The van der Waals surface area contributed by atoms with Crippen molar-refractivity contribution in [2.45, 2.75) is 58.9 Å². The SMILES string of the molecule is C/C=C\CCC(CC)C(C)N1CCCC1=O. The van der Waals surface area contributed by atoms with Gasteiger partial charge in [0.05, 0.1) is 0 Å². The first-order valence-electron chi connectivity index (χ1n) is 6.61. The van der Waals surface area contributed by atoms with Gasteiger partial charge in [-0.05, 0) is 39.0 Å². The van der Waals surface area contributed by atoms with Gasteiger partial charge in [-0.2, -0.15) is 0 Å². The molecule has 2 heteroatoms. The van der Waals surface area contributed by atoms with Gasteiger partial charge in [0.25, 0.3) is 0 Å². The first-order valence-corrected chi connectivity index (χ1v) is 6.61. The highest BCUT2D eigenvalue weighted by Crippen LogP contribution is 2.24. The zero-order valence-electron chi connectivity index (χ0n) is 10.9. The van der Waals surface area contributed by atoms with E-state index in [0.717, 1.165) is 25.8 Å². The van der Waals surface area contributed by atoms with Crippen molar-refractivity contribution in [3.05, 3.63) is 12.2 Å². The van der Waals surface area contributed by atoms with Gasteiger partial charge in [0.2, 0.25) is 5.91 Å². The van der Waals surface area contributed by atoms with Crippen LogP contribution in [0.5, 0.6) is 0 Å². The number of amides is 1. The Hall–Kier alpha value is -0.790. The summed E-state index contributed by atoms with van der Waals surface area (Å²) in [4.78, 5) is 13.8. The van der Waals surface area contributed by atoms with Crippen LogP contribution < -0.4 is 0 Å². The van der Waals surface area contributed by atoms with Crippen LogP contribution >= 0.6 is 0 Å². The zero-order valence-corrected chi connectivity index (χ0v) is 10.9. The molecule has 1 rings (SSSR count). The lowest BCUT2D eigenvalue weighted by molar-refractivity contribution is -0.130. The predicted molar refractivity (Wildman–Crippen MR) is 68.2 cm³/mol. The molecule has 0 aliphatic carbocycles. The molecular weight excluding hydrogens is 198 g/mol. The third-order valence-corrected chi connectivity index (χ3v) is 3.75. The Labute approximate surface area is 99.7 Å². The van der Waals surface area contributed by atoms with Crippen molar-refractivity contribution in [3.8, 4) is 0 Å². The van der Waals surface area contributed by atoms with E-state index in [0.29, 0.717) is 17.9 Å². The molecule has 0 saturated carbocycles. The minimum atomic E-state index is 0.358. The second-order valence-electron chi connectivity index (χ2n) is 4.75. The van der Waals surface area contributed by atoms with Gasteiger partial charge in [-0.1, -0.05) is 25.5 Å². The van der Waals surface area contributed by atoms with E-state index in [1.807, 2.05) is 0 Å². The molecule has 1 aliphatic heterocycles. The summed E-state index contributed by atoms with van der Waals surface area (Å²) < 4.78 is 0. The van der Waals surface area contributed by atoms with E-state index in [4.69, 9.17) is 0 Å². The molecule has 2 atom stereocenters. The Morgan fingerprint density at radius 1 is 1.50 bits per heavy atom. The molecule has 0 aromatic heterocycles. The molecule has 0 aromatic carbocycles. The molecule has 0 bridgehead atoms. The lowest BCUT2D eigenvalue weighted by Crippen LogP contribution is -2.39. The fourth-order valence-corrected chi connectivity index (χ4v) is 2.62. The van der Waals surface area contributed by atoms with Crippen LogP contribution in [0.25, 0.3) is 0 Å². The maximum Gasteiger partial charge on any atom is 0.222 e. The molecule has 1 amide bonds. The largest absolute Gasteiger partial charge is 0.340 e. The van der Waals surface area contributed by atoms with Crippen LogP contribution in [0.1, 0.15) is 52.9 Å². The normalized spacial score (nSPS) is 20.7. The molecule has 0 aromatic rings. The predicted octanol–water partition coefficient (Wildman–Crippen LogP) is 3.38. The van der Waals surface area contributed by atoms with Gasteiger partial charge < -0.3 is 4.90 Å². The third-order valence-electron chi connectivity index (χ3n) is 3.75. The highest BCUT2D eigenvalue weighted by atomic mass is 16.2. The Morgan fingerprint density at radius 3 is 2.75 bits per heavy atom. The van der Waals surface area contributed by atoms with E-state index in [2.05, 4.69) is 37.8 Å². The van der Waals surface area contributed by atoms with Crippen LogP contribution in [-0.4, -0.2) is 23.4 Å². The molecule has 92 valence electrons. The quantitative estimate of drug-likeness (QED) is 0.632. The summed E-state index contributed by atoms with van der Waals surface area (Å²) in [6, 6.07) is 0.422. The van der Waals surface area contributed by atoms with Crippen LogP contribution in [-0.2, 0) is 4.79 Å². The topological polar surface area (TPSA) is 20.3 Å². The maximum absolute atomic E-state index is 11.7. The second-order valence-corrected chi connectivity index (χ2v) is 4.75. The number of likely N-dealkylation sites (tertiary alicyclic amines) is 1. The van der Waals surface area contributed by atoms with Crippen LogP contribution in [0, 0.1) is 5.92 Å². The van der Waals surface area contributed by atoms with Gasteiger partial charge in [0.1, 0.15) is 0 Å². The molecule has 0 N–H and O–H groups in total. The van der Waals surface area contributed by atoms with E-state index < -0.39 is 0 Å². The fraction of sp³-hybridized carbons (Fsp3) is 0.786. The highest BCUT2D eigenvalue weighted by Gasteiger charge is 2.28. The summed E-state index contributed by atoms with van der Waals surface area (Å²) in [6.45, 7) is 7.49. The Morgan fingerprint density at radius 2 is 2.25 bits per heavy atom. The van der Waals surface area contributed by atoms with Gasteiger partial charge in [0.15, 0.2) is 0 Å². The lowest BCUT2D eigenvalue weighted by Gasteiger charge is -2.31. The van der Waals surface area contributed by atoms with Gasteiger partial charge in [-0.3, -0.25) is 4.79 Å². The molecule has 1 saturated heterocycles. The van der Waals surface area contributed by atoms with Crippen molar-refractivity contribution in [2.24, 2.45) is 5.92 Å². The van der Waals surface area contributed by atoms with E-state index in [1.165, 1.54) is 12.8 Å². The summed E-state index contributed by atoms with van der Waals surface area (Å²) in [5.41, 5.74) is 0. The first-order chi connectivity index (χ1) is 7.70. The number of hydrogen-bond acceptors (Lipinski definition) is 1. The number of nitrogens with zero attached hydrogens (tertiary/aromatic N) is 1. The van der Waals surface area contributed by atoms with Gasteiger partial charge >= 0.3 is 0 Å². The Bertz CT molecular complexity index is 247. The van der Waals surface area contributed by atoms with Crippen LogP contribution in [0.2, 0.25) is 0 Å². The molecule has 0 radical (unpaired) electrons. The first kappa shape index (κ1) is 13.3. The number of allylic oxidation sites excluding steroid dienone is 2. The van der Waals surface area contributed by atoms with Crippen LogP contribution in [0.4, 0.5) is 0 Å². The number of carbonyl (C=O) groups is 1. The standard InChI is InChI=1S/C14H25NO/c1-4-6-7-9-13(5-2)12(3)15-11-8-10-14(15)16/h4,6,12-13H,5,7-11H2,1-3H3/b6-4-. The summed E-state index contributed by atoms with van der Waals surface area (Å²) in [6.07, 6.45) is 9.65. The number of carbonyl (C=O) groups excluding carboxylic acids is 1. The van der Waals surface area contributed by atoms with Crippen molar-refractivity contribution in [1.29, 1.82) is 0 Å². The molecule has 1 heterocycles. The fourth-order valence-electron chi connectivity index (χ4n) is 2.62. The monoisotopic (exact) mass is 223 g/mol. The molecule has 2 nitrogen and oxygen atoms in total. The Kier molecular flexibility index (Phi) is 5.58. The van der Waals surface area contributed by atoms with Crippen molar-refractivity contribution < 1.29 is 4.79 Å². The van der Waals surface area contributed by atoms with Crippen molar-refractivity contribution in [2.75, 3.05) is 6.54 Å². The second kappa shape index (κ2) is 6.72. The van der Waals surface area contributed by atoms with Crippen LogP contribution in [0.3, 0.4) is 0 Å². The van der Waals surface area contributed by atoms with Crippen LogP contribution in [0.15, 0.2) is 12.2 Å². The van der Waals surface area contributed by atoms with Crippen molar-refractivity contribution >= 4 is 5.91 Å². The van der Waals surface area contributed by atoms with Gasteiger partial charge in [-0.25, -0.2) is 0 Å². The number of hydrogen-bond donors (Lipinski definition) is 0. The molecule has 2 unspecified atom stereocenters. The summed E-state index contributed by atoms with van der Waals surface area (Å²) in [7, 11) is 0. The average Bonchev–Trinajstić information content (AvgIpc) is 2.70. The Balaban J connectivity index is 2.47. The minimum absolute atomic E-state index is 0.358. The van der Waals surface area contributed by atoms with Crippen molar-refractivity contribution in [1.82, 2.24) is 4.90 Å². The molecular formula is C14H25NO. The molecule has 0 spiro atoms. The zero-order chi connectivity index (χ0) is 12.0. The summed E-state index contributed by atoms with van der Waals surface area (Å²) >= 11 is 0. The molecule has 16 heavy (non-hydrogen) atoms. The van der Waals surface area contributed by atoms with E-state index in [1.54, 1.807) is 0 Å². The summed E-state index contributed by atoms with van der Waals surface area (Å²) in [5, 5.41) is 0. The van der Waals surface area contributed by atoms with E-state index >= 15 is 0 Å². The third kappa shape index (κ3) is 3.36. The van der Waals surface area contributed by atoms with E-state index in [-0.39, 0.29) is 0 Å². The smallest absolute Gasteiger partial charge is 0.222 e. The maximum atomic E-state index is 11.7. The van der Waals surface area contributed by atoms with E-state index in [9.17, 15) is 4.79 Å². The van der Waals surface area contributed by atoms with Crippen molar-refractivity contribution in [3.63, 3.8) is 0 Å². The lowest BCUT2D eigenvalue weighted by atomic mass is 9.92. The minimum Gasteiger partial charge on any atom is -0.340 e. The highest BCUT2D eigenvalue weighted by molar-refractivity contribution is 5.78.